The van der Waals surface area contributed by atoms with E-state index in [1.807, 2.05) is 0 Å². The number of benzene rings is 4. The Labute approximate surface area is 276 Å². The van der Waals surface area contributed by atoms with Gasteiger partial charge < -0.3 is 20.4 Å². The number of hydrogen-bond acceptors (Lipinski definition) is 4. The smallest absolute Gasteiger partial charge is 0.411 e. The topological polar surface area (TPSA) is 80.9 Å². The summed E-state index contributed by atoms with van der Waals surface area (Å²) in [5.41, 5.74) is -13.2. The van der Waals surface area contributed by atoms with Gasteiger partial charge in [0, 0.05) is 0 Å². The summed E-state index contributed by atoms with van der Waals surface area (Å²) < 4.78 is 166. The van der Waals surface area contributed by atoms with Crippen molar-refractivity contribution in [1.29, 1.82) is 0 Å². The molecule has 0 aliphatic rings. The van der Waals surface area contributed by atoms with Gasteiger partial charge in [-0.25, -0.2) is 0 Å². The molecule has 4 nitrogen and oxygen atoms in total. The normalized spacial score (nSPS) is 13.1. The summed E-state index contributed by atoms with van der Waals surface area (Å²) in [6.45, 7) is 4.93. The van der Waals surface area contributed by atoms with Crippen molar-refractivity contribution < 1.29 is 73.1 Å². The largest absolute Gasteiger partial charge is 0.508 e. The van der Waals surface area contributed by atoms with Crippen LogP contribution < -0.4 is 0 Å². The number of hydrogen-bond donors (Lipinski definition) is 4. The summed E-state index contributed by atoms with van der Waals surface area (Å²) in [5.74, 6) is -1.65. The predicted molar refractivity (Wildman–Crippen MR) is 157 cm³/mol. The van der Waals surface area contributed by atoms with Gasteiger partial charge in [-0.2, -0.15) is 52.7 Å². The first-order chi connectivity index (χ1) is 22.6. The van der Waals surface area contributed by atoms with Crippen molar-refractivity contribution in [2.45, 2.75) is 63.2 Å². The van der Waals surface area contributed by atoms with Crippen molar-refractivity contribution in [3.05, 3.63) is 117 Å². The predicted octanol–water partition coefficient (Wildman–Crippen LogP) is 10.3. The summed E-state index contributed by atoms with van der Waals surface area (Å²) in [4.78, 5) is 0. The fourth-order valence-electron chi connectivity index (χ4n) is 5.73. The lowest BCUT2D eigenvalue weighted by atomic mass is 9.71. The Bertz CT molecular complexity index is 1640. The molecule has 0 spiro atoms. The Morgan fingerprint density at radius 2 is 0.540 bits per heavy atom. The van der Waals surface area contributed by atoms with Gasteiger partial charge in [0.2, 0.25) is 10.8 Å². The number of phenols is 4. The van der Waals surface area contributed by atoms with Crippen molar-refractivity contribution in [2.75, 3.05) is 0 Å². The van der Waals surface area contributed by atoms with E-state index in [-0.39, 0.29) is 33.8 Å². The maximum Gasteiger partial charge on any atom is 0.411 e. The monoisotopic (exact) mass is 728 g/mol. The van der Waals surface area contributed by atoms with Crippen LogP contribution in [0, 0.1) is 27.7 Å². The molecule has 0 aromatic heterocycles. The van der Waals surface area contributed by atoms with Crippen LogP contribution in [-0.2, 0) is 10.8 Å². The molecule has 272 valence electrons. The Balaban J connectivity index is 0.000000274. The lowest BCUT2D eigenvalue weighted by molar-refractivity contribution is -0.290. The van der Waals surface area contributed by atoms with E-state index in [1.165, 1.54) is 27.7 Å². The lowest BCUT2D eigenvalue weighted by Crippen LogP contribution is -2.55. The van der Waals surface area contributed by atoms with Gasteiger partial charge in [0.1, 0.15) is 23.0 Å². The molecule has 0 unspecified atom stereocenters. The van der Waals surface area contributed by atoms with Crippen LogP contribution in [0.1, 0.15) is 44.5 Å². The van der Waals surface area contributed by atoms with Gasteiger partial charge in [-0.05, 0) is 96.5 Å². The first kappa shape index (κ1) is 39.7. The highest BCUT2D eigenvalue weighted by Gasteiger charge is 2.73. The molecule has 0 aliphatic carbocycles. The average Bonchev–Trinajstić information content (AvgIpc) is 2.94. The first-order valence-electron chi connectivity index (χ1n) is 14.1. The SMILES string of the molecule is Cc1cc(C(c2cc(C)c(O)c(C)c2)(C(F)(F)F)C(F)(F)F)cc(C)c1O.Oc1ccc(C(c2ccc(O)cc2)(C(F)(F)F)C(F)(F)F)cc1. The number of phenolic OH excluding ortho intramolecular Hbond substituents is 4. The lowest BCUT2D eigenvalue weighted by Gasteiger charge is -2.39. The van der Waals surface area contributed by atoms with Crippen LogP contribution in [0.15, 0.2) is 72.8 Å². The fraction of sp³-hybridized carbons (Fsp3) is 0.294. The molecule has 4 aromatic carbocycles. The van der Waals surface area contributed by atoms with Gasteiger partial charge in [0.15, 0.2) is 0 Å². The fourth-order valence-corrected chi connectivity index (χ4v) is 5.73. The molecule has 4 rings (SSSR count). The highest BCUT2D eigenvalue weighted by Crippen LogP contribution is 2.58. The molecule has 16 heteroatoms. The maximum atomic E-state index is 14.1. The average molecular weight is 729 g/mol. The Hall–Kier alpha value is -4.76. The van der Waals surface area contributed by atoms with Crippen LogP contribution in [-0.4, -0.2) is 45.1 Å². The zero-order chi connectivity index (χ0) is 38.4. The van der Waals surface area contributed by atoms with Gasteiger partial charge in [0.25, 0.3) is 0 Å². The molecule has 0 amide bonds. The second kappa shape index (κ2) is 13.2. The molecule has 0 fully saturated rings. The summed E-state index contributed by atoms with van der Waals surface area (Å²) in [5, 5.41) is 37.9. The second-order valence-corrected chi connectivity index (χ2v) is 11.5. The standard InChI is InChI=1S/C19H18F6O2.C15H10F6O2/c1-9-5-13(6-10(2)15(9)26)17(18(20,21)22,19(23,24)25)14-7-11(3)16(27)12(4)8-14;16-14(17,18)13(15(19,20)21,9-1-5-11(22)6-2-9)10-3-7-12(23)8-4-10/h5-8,26-27H,1-4H3;1-8,22-23H. The summed E-state index contributed by atoms with van der Waals surface area (Å²) >= 11 is 0. The number of aromatic hydroxyl groups is 4. The minimum absolute atomic E-state index is 0.102. The van der Waals surface area contributed by atoms with E-state index in [9.17, 15) is 62.9 Å². The molecule has 50 heavy (non-hydrogen) atoms. The van der Waals surface area contributed by atoms with Crippen LogP contribution in [0.3, 0.4) is 0 Å². The minimum atomic E-state index is -5.73. The first-order valence-corrected chi connectivity index (χ1v) is 14.1. The molecule has 0 radical (unpaired) electrons. The molecule has 0 bridgehead atoms. The van der Waals surface area contributed by atoms with Crippen molar-refractivity contribution in [3.8, 4) is 23.0 Å². The number of alkyl halides is 12. The molecule has 0 aliphatic heterocycles. The van der Waals surface area contributed by atoms with Crippen LogP contribution >= 0.6 is 0 Å². The van der Waals surface area contributed by atoms with Crippen LogP contribution in [0.5, 0.6) is 23.0 Å². The molecule has 0 saturated carbocycles. The van der Waals surface area contributed by atoms with E-state index in [0.29, 0.717) is 48.5 Å². The Kier molecular flexibility index (Phi) is 10.5. The van der Waals surface area contributed by atoms with Crippen LogP contribution in [0.4, 0.5) is 52.7 Å². The van der Waals surface area contributed by atoms with E-state index in [4.69, 9.17) is 10.2 Å². The number of halogens is 12. The highest BCUT2D eigenvalue weighted by molar-refractivity contribution is 5.54. The summed E-state index contributed by atoms with van der Waals surface area (Å²) in [7, 11) is 0. The molecular formula is C34H28F12O4. The molecule has 0 heterocycles. The van der Waals surface area contributed by atoms with E-state index >= 15 is 0 Å². The second-order valence-electron chi connectivity index (χ2n) is 11.5. The van der Waals surface area contributed by atoms with E-state index in [2.05, 4.69) is 0 Å². The third-order valence-corrected chi connectivity index (χ3v) is 8.15. The third kappa shape index (κ3) is 6.71. The molecule has 0 atom stereocenters. The number of rotatable bonds is 4. The van der Waals surface area contributed by atoms with Gasteiger partial charge in [0.05, 0.1) is 0 Å². The van der Waals surface area contributed by atoms with Crippen molar-refractivity contribution in [2.24, 2.45) is 0 Å². The molecule has 0 saturated heterocycles. The minimum Gasteiger partial charge on any atom is -0.508 e. The van der Waals surface area contributed by atoms with Gasteiger partial charge in [-0.15, -0.1) is 0 Å². The number of aryl methyl sites for hydroxylation is 4. The molecule has 4 N–H and O–H groups in total. The zero-order valence-corrected chi connectivity index (χ0v) is 26.3. The Morgan fingerprint density at radius 1 is 0.340 bits per heavy atom. The van der Waals surface area contributed by atoms with Gasteiger partial charge in [-0.1, -0.05) is 48.5 Å². The van der Waals surface area contributed by atoms with Crippen molar-refractivity contribution in [3.63, 3.8) is 0 Å². The van der Waals surface area contributed by atoms with Crippen molar-refractivity contribution in [1.82, 2.24) is 0 Å². The quantitative estimate of drug-likeness (QED) is 0.158. The summed E-state index contributed by atoms with van der Waals surface area (Å²) in [6.07, 6.45) is -22.8. The van der Waals surface area contributed by atoms with Crippen LogP contribution in [0.25, 0.3) is 0 Å². The third-order valence-electron chi connectivity index (χ3n) is 8.15. The summed E-state index contributed by atoms with van der Waals surface area (Å²) in [6, 6.07) is 8.08. The maximum absolute atomic E-state index is 14.1. The molecular weight excluding hydrogens is 700 g/mol. The highest BCUT2D eigenvalue weighted by atomic mass is 19.4. The Morgan fingerprint density at radius 3 is 0.740 bits per heavy atom. The van der Waals surface area contributed by atoms with Gasteiger partial charge >= 0.3 is 24.7 Å². The van der Waals surface area contributed by atoms with Gasteiger partial charge in [-0.3, -0.25) is 0 Å². The van der Waals surface area contributed by atoms with E-state index in [0.717, 1.165) is 24.3 Å². The van der Waals surface area contributed by atoms with Crippen molar-refractivity contribution >= 4 is 0 Å². The zero-order valence-electron chi connectivity index (χ0n) is 26.3. The van der Waals surface area contributed by atoms with E-state index in [1.54, 1.807) is 0 Å². The molecule has 4 aromatic rings. The van der Waals surface area contributed by atoms with E-state index < -0.39 is 69.3 Å². The van der Waals surface area contributed by atoms with Crippen LogP contribution in [0.2, 0.25) is 0 Å².